The van der Waals surface area contributed by atoms with Crippen LogP contribution in [0, 0.1) is 5.92 Å². The largest absolute Gasteiger partial charge is 0.395 e. The number of likely N-dealkylation sites (N-methyl/N-ethyl adjacent to an activating group) is 1. The van der Waals surface area contributed by atoms with E-state index in [4.69, 9.17) is 10.8 Å². The number of hydrogen-bond acceptors (Lipinski definition) is 3. The van der Waals surface area contributed by atoms with Crippen LogP contribution in [-0.4, -0.2) is 41.7 Å². The minimum Gasteiger partial charge on any atom is -0.395 e. The molecule has 1 aliphatic rings. The van der Waals surface area contributed by atoms with Gasteiger partial charge in [0.1, 0.15) is 0 Å². The van der Waals surface area contributed by atoms with Gasteiger partial charge in [-0.15, -0.1) is 0 Å². The van der Waals surface area contributed by atoms with Gasteiger partial charge in [0.2, 0.25) is 5.91 Å². The van der Waals surface area contributed by atoms with Gasteiger partial charge in [-0.1, -0.05) is 0 Å². The van der Waals surface area contributed by atoms with Crippen molar-refractivity contribution >= 4 is 5.91 Å². The number of carbonyl (C=O) groups is 1. The first kappa shape index (κ1) is 11.5. The second kappa shape index (κ2) is 5.32. The minimum absolute atomic E-state index is 0.0400. The average molecular weight is 200 g/mol. The fraction of sp³-hybridized carbons (Fsp3) is 0.900. The van der Waals surface area contributed by atoms with Crippen molar-refractivity contribution in [3.63, 3.8) is 0 Å². The quantitative estimate of drug-likeness (QED) is 0.669. The first-order valence-electron chi connectivity index (χ1n) is 5.34. The fourth-order valence-corrected chi connectivity index (χ4v) is 2.04. The number of nitrogens with two attached hydrogens (primary N) is 1. The summed E-state index contributed by atoms with van der Waals surface area (Å²) in [7, 11) is 0. The molecular weight excluding hydrogens is 180 g/mol. The number of nitrogens with zero attached hydrogens (tertiary/aromatic N) is 1. The molecule has 0 heterocycles. The zero-order valence-electron chi connectivity index (χ0n) is 8.78. The summed E-state index contributed by atoms with van der Waals surface area (Å²) >= 11 is 0. The highest BCUT2D eigenvalue weighted by Crippen LogP contribution is 2.25. The maximum absolute atomic E-state index is 11.9. The Hall–Kier alpha value is -0.610. The van der Waals surface area contributed by atoms with E-state index in [9.17, 15) is 4.79 Å². The van der Waals surface area contributed by atoms with Gasteiger partial charge in [0.05, 0.1) is 6.61 Å². The molecule has 0 bridgehead atoms. The molecule has 1 fully saturated rings. The fourth-order valence-electron chi connectivity index (χ4n) is 2.04. The second-order valence-electron chi connectivity index (χ2n) is 3.91. The standard InChI is InChI=1S/C10H20N2O2/c1-2-12(5-6-13)10(14)8-3-4-9(11)7-8/h8-9,13H,2-7,11H2,1H3. The molecule has 14 heavy (non-hydrogen) atoms. The summed E-state index contributed by atoms with van der Waals surface area (Å²) < 4.78 is 0. The monoisotopic (exact) mass is 200 g/mol. The molecule has 1 saturated carbocycles. The lowest BCUT2D eigenvalue weighted by atomic mass is 10.1. The van der Waals surface area contributed by atoms with Gasteiger partial charge < -0.3 is 15.7 Å². The third-order valence-electron chi connectivity index (χ3n) is 2.89. The highest BCUT2D eigenvalue weighted by molar-refractivity contribution is 5.79. The molecule has 0 aromatic rings. The number of carbonyl (C=O) groups excluding carboxylic acids is 1. The van der Waals surface area contributed by atoms with Crippen molar-refractivity contribution in [1.29, 1.82) is 0 Å². The van der Waals surface area contributed by atoms with E-state index in [-0.39, 0.29) is 24.5 Å². The molecule has 2 unspecified atom stereocenters. The highest BCUT2D eigenvalue weighted by atomic mass is 16.3. The zero-order valence-corrected chi connectivity index (χ0v) is 8.78. The number of aliphatic hydroxyl groups is 1. The van der Waals surface area contributed by atoms with Crippen LogP contribution in [0.5, 0.6) is 0 Å². The normalized spacial score (nSPS) is 26.5. The maximum Gasteiger partial charge on any atom is 0.225 e. The molecule has 1 rings (SSSR count). The molecule has 1 aliphatic carbocycles. The first-order valence-corrected chi connectivity index (χ1v) is 5.34. The molecule has 0 spiro atoms. The molecule has 4 nitrogen and oxygen atoms in total. The van der Waals surface area contributed by atoms with Gasteiger partial charge in [0.15, 0.2) is 0 Å². The Bertz CT molecular complexity index is 191. The van der Waals surface area contributed by atoms with E-state index in [2.05, 4.69) is 0 Å². The summed E-state index contributed by atoms with van der Waals surface area (Å²) in [5.41, 5.74) is 5.76. The summed E-state index contributed by atoms with van der Waals surface area (Å²) in [4.78, 5) is 13.6. The molecule has 3 N–H and O–H groups in total. The number of rotatable bonds is 4. The van der Waals surface area contributed by atoms with Crippen molar-refractivity contribution in [1.82, 2.24) is 4.90 Å². The van der Waals surface area contributed by atoms with Gasteiger partial charge in [0.25, 0.3) is 0 Å². The summed E-state index contributed by atoms with van der Waals surface area (Å²) in [5.74, 6) is 0.256. The van der Waals surface area contributed by atoms with Crippen LogP contribution in [0.1, 0.15) is 26.2 Å². The Kier molecular flexibility index (Phi) is 4.35. The lowest BCUT2D eigenvalue weighted by molar-refractivity contribution is -0.135. The smallest absolute Gasteiger partial charge is 0.225 e. The van der Waals surface area contributed by atoms with Gasteiger partial charge >= 0.3 is 0 Å². The van der Waals surface area contributed by atoms with Gasteiger partial charge in [-0.2, -0.15) is 0 Å². The van der Waals surface area contributed by atoms with E-state index in [1.54, 1.807) is 4.90 Å². The molecular formula is C10H20N2O2. The SMILES string of the molecule is CCN(CCO)C(=O)C1CCC(N)C1. The third kappa shape index (κ3) is 2.69. The molecule has 0 aromatic heterocycles. The summed E-state index contributed by atoms with van der Waals surface area (Å²) in [6.45, 7) is 3.09. The van der Waals surface area contributed by atoms with Crippen LogP contribution in [-0.2, 0) is 4.79 Å². The van der Waals surface area contributed by atoms with Crippen molar-refractivity contribution in [2.45, 2.75) is 32.2 Å². The van der Waals surface area contributed by atoms with Crippen LogP contribution in [0.15, 0.2) is 0 Å². The Balaban J connectivity index is 2.45. The number of amides is 1. The molecule has 1 amide bonds. The molecule has 0 saturated heterocycles. The Morgan fingerprint density at radius 1 is 1.57 bits per heavy atom. The van der Waals surface area contributed by atoms with Crippen LogP contribution in [0.2, 0.25) is 0 Å². The molecule has 0 radical (unpaired) electrons. The van der Waals surface area contributed by atoms with E-state index in [0.717, 1.165) is 19.3 Å². The second-order valence-corrected chi connectivity index (χ2v) is 3.91. The van der Waals surface area contributed by atoms with Crippen molar-refractivity contribution in [2.75, 3.05) is 19.7 Å². The van der Waals surface area contributed by atoms with Crippen LogP contribution in [0.4, 0.5) is 0 Å². The van der Waals surface area contributed by atoms with E-state index in [0.29, 0.717) is 13.1 Å². The van der Waals surface area contributed by atoms with E-state index in [1.165, 1.54) is 0 Å². The number of aliphatic hydroxyl groups excluding tert-OH is 1. The van der Waals surface area contributed by atoms with E-state index >= 15 is 0 Å². The zero-order chi connectivity index (χ0) is 10.6. The lowest BCUT2D eigenvalue weighted by Crippen LogP contribution is -2.37. The van der Waals surface area contributed by atoms with E-state index in [1.807, 2.05) is 6.92 Å². The van der Waals surface area contributed by atoms with E-state index < -0.39 is 0 Å². The topological polar surface area (TPSA) is 66.6 Å². The molecule has 0 aromatic carbocycles. The van der Waals surface area contributed by atoms with Crippen molar-refractivity contribution in [3.05, 3.63) is 0 Å². The molecule has 4 heteroatoms. The minimum atomic E-state index is 0.0400. The summed E-state index contributed by atoms with van der Waals surface area (Å²) in [6, 6.07) is 0.191. The Morgan fingerprint density at radius 3 is 2.71 bits per heavy atom. The summed E-state index contributed by atoms with van der Waals surface area (Å²) in [6.07, 6.45) is 2.66. The van der Waals surface area contributed by atoms with Crippen LogP contribution < -0.4 is 5.73 Å². The lowest BCUT2D eigenvalue weighted by Gasteiger charge is -2.23. The van der Waals surface area contributed by atoms with Crippen LogP contribution in [0.3, 0.4) is 0 Å². The Labute approximate surface area is 85.1 Å². The molecule has 0 aliphatic heterocycles. The van der Waals surface area contributed by atoms with Crippen molar-refractivity contribution < 1.29 is 9.90 Å². The maximum atomic E-state index is 11.9. The molecule has 2 atom stereocenters. The van der Waals surface area contributed by atoms with Gasteiger partial charge in [-0.25, -0.2) is 0 Å². The van der Waals surface area contributed by atoms with Gasteiger partial charge in [-0.05, 0) is 26.2 Å². The van der Waals surface area contributed by atoms with Gasteiger partial charge in [-0.3, -0.25) is 4.79 Å². The van der Waals surface area contributed by atoms with Crippen molar-refractivity contribution in [3.8, 4) is 0 Å². The first-order chi connectivity index (χ1) is 6.69. The number of hydrogen-bond donors (Lipinski definition) is 2. The predicted molar refractivity (Wildman–Crippen MR) is 54.7 cm³/mol. The van der Waals surface area contributed by atoms with Crippen LogP contribution in [0.25, 0.3) is 0 Å². The predicted octanol–water partition coefficient (Wildman–Crippen LogP) is -0.0454. The average Bonchev–Trinajstić information content (AvgIpc) is 2.60. The van der Waals surface area contributed by atoms with Crippen molar-refractivity contribution in [2.24, 2.45) is 11.7 Å². The van der Waals surface area contributed by atoms with Gasteiger partial charge in [0, 0.05) is 25.0 Å². The highest BCUT2D eigenvalue weighted by Gasteiger charge is 2.30. The van der Waals surface area contributed by atoms with Crippen LogP contribution >= 0.6 is 0 Å². The Morgan fingerprint density at radius 2 is 2.29 bits per heavy atom. The molecule has 82 valence electrons. The third-order valence-corrected chi connectivity index (χ3v) is 2.89. The summed E-state index contributed by atoms with van der Waals surface area (Å²) in [5, 5.41) is 8.79.